The Balaban J connectivity index is 2.40. The summed E-state index contributed by atoms with van der Waals surface area (Å²) in [6, 6.07) is 2.33. The van der Waals surface area contributed by atoms with Crippen LogP contribution >= 0.6 is 11.8 Å². The number of benzene rings is 1. The molecule has 0 fully saturated rings. The number of aromatic nitrogens is 1. The summed E-state index contributed by atoms with van der Waals surface area (Å²) in [5, 5.41) is 0.268. The maximum absolute atomic E-state index is 13.6. The Bertz CT molecular complexity index is 557. The van der Waals surface area contributed by atoms with Gasteiger partial charge >= 0.3 is 0 Å². The van der Waals surface area contributed by atoms with Crippen molar-refractivity contribution in [2.75, 3.05) is 5.73 Å². The van der Waals surface area contributed by atoms with Gasteiger partial charge in [0.1, 0.15) is 12.1 Å². The fourth-order valence-electron chi connectivity index (χ4n) is 1.22. The van der Waals surface area contributed by atoms with Gasteiger partial charge in [-0.1, -0.05) is 0 Å². The lowest BCUT2D eigenvalue weighted by Crippen LogP contribution is -2.14. The van der Waals surface area contributed by atoms with Crippen LogP contribution in [0.2, 0.25) is 0 Å². The van der Waals surface area contributed by atoms with Crippen molar-refractivity contribution in [2.24, 2.45) is 5.73 Å². The van der Waals surface area contributed by atoms with E-state index in [0.29, 0.717) is 0 Å². The number of amides is 1. The maximum atomic E-state index is 13.6. The van der Waals surface area contributed by atoms with Gasteiger partial charge in [0.05, 0.1) is 16.7 Å². The summed E-state index contributed by atoms with van der Waals surface area (Å²) < 4.78 is 18.5. The van der Waals surface area contributed by atoms with E-state index in [0.717, 1.165) is 17.8 Å². The number of nitrogen functional groups attached to an aromatic ring is 1. The number of hydrogen-bond acceptors (Lipinski definition) is 5. The highest BCUT2D eigenvalue weighted by atomic mass is 32.2. The van der Waals surface area contributed by atoms with Crippen LogP contribution in [0.25, 0.3) is 0 Å². The molecule has 0 spiro atoms. The van der Waals surface area contributed by atoms with Gasteiger partial charge in [-0.25, -0.2) is 9.37 Å². The molecule has 0 radical (unpaired) electrons. The number of rotatable bonds is 3. The Morgan fingerprint density at radius 2 is 2.24 bits per heavy atom. The first-order chi connectivity index (χ1) is 8.08. The molecule has 0 saturated heterocycles. The zero-order valence-corrected chi connectivity index (χ0v) is 9.33. The molecule has 0 saturated carbocycles. The Morgan fingerprint density at radius 3 is 2.82 bits per heavy atom. The third-order valence-corrected chi connectivity index (χ3v) is 2.89. The number of carbonyl (C=O) groups excluding carboxylic acids is 1. The molecule has 0 unspecified atom stereocenters. The number of primary amides is 1. The Labute approximate surface area is 100.0 Å². The smallest absolute Gasteiger partial charge is 0.260 e. The molecule has 2 aromatic rings. The minimum atomic E-state index is -0.711. The van der Waals surface area contributed by atoms with Crippen LogP contribution in [0.1, 0.15) is 10.4 Å². The van der Waals surface area contributed by atoms with Gasteiger partial charge in [-0.3, -0.25) is 4.79 Å². The van der Waals surface area contributed by atoms with E-state index in [2.05, 4.69) is 4.98 Å². The quantitative estimate of drug-likeness (QED) is 0.811. The van der Waals surface area contributed by atoms with Crippen molar-refractivity contribution < 1.29 is 13.6 Å². The lowest BCUT2D eigenvalue weighted by atomic mass is 10.1. The summed E-state index contributed by atoms with van der Waals surface area (Å²) in [7, 11) is 0. The highest BCUT2D eigenvalue weighted by molar-refractivity contribution is 7.99. The molecule has 0 bridgehead atoms. The van der Waals surface area contributed by atoms with E-state index in [4.69, 9.17) is 15.9 Å². The van der Waals surface area contributed by atoms with Gasteiger partial charge in [0, 0.05) is 5.69 Å². The predicted octanol–water partition coefficient (Wildman–Crippen LogP) is 1.65. The van der Waals surface area contributed by atoms with E-state index in [1.54, 1.807) is 0 Å². The van der Waals surface area contributed by atoms with Crippen LogP contribution in [0.15, 0.2) is 39.1 Å². The van der Waals surface area contributed by atoms with Crippen LogP contribution in [-0.4, -0.2) is 10.9 Å². The van der Waals surface area contributed by atoms with Gasteiger partial charge in [0.15, 0.2) is 0 Å². The number of oxazole rings is 1. The zero-order valence-electron chi connectivity index (χ0n) is 8.51. The molecule has 5 nitrogen and oxygen atoms in total. The van der Waals surface area contributed by atoms with Crippen molar-refractivity contribution in [3.8, 4) is 0 Å². The summed E-state index contributed by atoms with van der Waals surface area (Å²) in [4.78, 5) is 15.1. The normalized spacial score (nSPS) is 10.4. The van der Waals surface area contributed by atoms with Crippen LogP contribution in [0, 0.1) is 5.82 Å². The molecule has 17 heavy (non-hydrogen) atoms. The lowest BCUT2D eigenvalue weighted by molar-refractivity contribution is 0.100. The largest absolute Gasteiger partial charge is 0.440 e. The van der Waals surface area contributed by atoms with Crippen molar-refractivity contribution in [3.63, 3.8) is 0 Å². The average molecular weight is 253 g/mol. The minimum Gasteiger partial charge on any atom is -0.440 e. The zero-order chi connectivity index (χ0) is 12.4. The van der Waals surface area contributed by atoms with Gasteiger partial charge in [0.2, 0.25) is 0 Å². The molecular formula is C10H8FN3O2S. The Hall–Kier alpha value is -2.02. The molecule has 2 rings (SSSR count). The Morgan fingerprint density at radius 1 is 1.47 bits per heavy atom. The van der Waals surface area contributed by atoms with Crippen molar-refractivity contribution in [2.45, 2.75) is 10.1 Å². The first-order valence-electron chi connectivity index (χ1n) is 4.54. The molecule has 0 atom stereocenters. The second-order valence-electron chi connectivity index (χ2n) is 3.13. The number of hydrogen-bond donors (Lipinski definition) is 2. The van der Waals surface area contributed by atoms with Crippen molar-refractivity contribution in [1.29, 1.82) is 0 Å². The molecule has 4 N–H and O–H groups in total. The summed E-state index contributed by atoms with van der Waals surface area (Å²) in [6.07, 6.45) is 2.80. The fourth-order valence-corrected chi connectivity index (χ4v) is 1.95. The van der Waals surface area contributed by atoms with Crippen LogP contribution in [-0.2, 0) is 0 Å². The summed E-state index contributed by atoms with van der Waals surface area (Å²) in [5.41, 5.74) is 10.7. The van der Waals surface area contributed by atoms with E-state index in [1.165, 1.54) is 18.5 Å². The molecule has 88 valence electrons. The lowest BCUT2D eigenvalue weighted by Gasteiger charge is -2.05. The third kappa shape index (κ3) is 2.39. The number of nitrogens with two attached hydrogens (primary N) is 2. The van der Waals surface area contributed by atoms with E-state index in [1.807, 2.05) is 0 Å². The number of nitrogens with zero attached hydrogens (tertiary/aromatic N) is 1. The van der Waals surface area contributed by atoms with Crippen LogP contribution < -0.4 is 11.5 Å². The molecule has 7 heteroatoms. The van der Waals surface area contributed by atoms with Gasteiger partial charge < -0.3 is 15.9 Å². The summed E-state index contributed by atoms with van der Waals surface area (Å²) in [6.45, 7) is 0. The minimum absolute atomic E-state index is 0.00625. The van der Waals surface area contributed by atoms with Crippen LogP contribution in [0.5, 0.6) is 0 Å². The average Bonchev–Trinajstić information content (AvgIpc) is 2.74. The monoisotopic (exact) mass is 253 g/mol. The summed E-state index contributed by atoms with van der Waals surface area (Å²) in [5.74, 6) is -1.27. The number of halogens is 1. The van der Waals surface area contributed by atoms with E-state index in [9.17, 15) is 9.18 Å². The molecule has 0 aliphatic heterocycles. The van der Waals surface area contributed by atoms with Gasteiger partial charge in [0.25, 0.3) is 11.1 Å². The van der Waals surface area contributed by atoms with Gasteiger partial charge in [-0.2, -0.15) is 0 Å². The van der Waals surface area contributed by atoms with E-state index < -0.39 is 11.7 Å². The third-order valence-electron chi connectivity index (χ3n) is 1.98. The van der Waals surface area contributed by atoms with Crippen molar-refractivity contribution in [1.82, 2.24) is 4.98 Å². The van der Waals surface area contributed by atoms with Crippen LogP contribution in [0.4, 0.5) is 10.1 Å². The number of carbonyl (C=O) groups is 1. The molecular weight excluding hydrogens is 245 g/mol. The highest BCUT2D eigenvalue weighted by Gasteiger charge is 2.14. The topological polar surface area (TPSA) is 95.1 Å². The molecule has 0 aliphatic carbocycles. The van der Waals surface area contributed by atoms with Crippen molar-refractivity contribution >= 4 is 23.4 Å². The first kappa shape index (κ1) is 11.5. The standard InChI is InChI=1S/C10H8FN3O2S/c11-6-4-7(12)5(9(13)15)3-8(6)17-10-14-1-2-16-10/h1-4H,12H2,(H2,13,15). The van der Waals surface area contributed by atoms with E-state index in [-0.39, 0.29) is 21.4 Å². The predicted molar refractivity (Wildman–Crippen MR) is 60.0 cm³/mol. The molecule has 1 heterocycles. The van der Waals surface area contributed by atoms with Crippen molar-refractivity contribution in [3.05, 3.63) is 36.0 Å². The second kappa shape index (κ2) is 4.46. The maximum Gasteiger partial charge on any atom is 0.260 e. The molecule has 1 aromatic heterocycles. The SMILES string of the molecule is NC(=O)c1cc(Sc2ncco2)c(F)cc1N. The van der Waals surface area contributed by atoms with E-state index >= 15 is 0 Å². The summed E-state index contributed by atoms with van der Waals surface area (Å²) >= 11 is 0.945. The highest BCUT2D eigenvalue weighted by Crippen LogP contribution is 2.31. The number of anilines is 1. The molecule has 1 aromatic carbocycles. The molecule has 0 aliphatic rings. The fraction of sp³-hybridized carbons (Fsp3) is 0. The van der Waals surface area contributed by atoms with Crippen LogP contribution in [0.3, 0.4) is 0 Å². The Kier molecular flexibility index (Phi) is 3.01. The van der Waals surface area contributed by atoms with Gasteiger partial charge in [-0.05, 0) is 23.9 Å². The molecule has 1 amide bonds. The van der Waals surface area contributed by atoms with Gasteiger partial charge in [-0.15, -0.1) is 0 Å². The first-order valence-corrected chi connectivity index (χ1v) is 5.35. The second-order valence-corrected chi connectivity index (χ2v) is 4.13.